The molecule has 8 nitrogen and oxygen atoms in total. The highest BCUT2D eigenvalue weighted by Gasteiger charge is 2.26. The van der Waals surface area contributed by atoms with E-state index in [4.69, 9.17) is 18.5 Å². The number of unbranched alkanes of at least 4 members (excludes halogenated alkanes) is 13. The zero-order valence-corrected chi connectivity index (χ0v) is 36.2. The zero-order chi connectivity index (χ0) is 39.6. The molecular formula is C44H78NO7P. The number of nitrogens with zero attached hydrogens (tertiary/aromatic N) is 1. The number of likely N-dealkylation sites (N-methyl/N-ethyl adjacent to an activating group) is 1. The number of carbonyl (C=O) groups is 1. The lowest BCUT2D eigenvalue weighted by atomic mass is 9.72. The van der Waals surface area contributed by atoms with Crippen LogP contribution in [-0.2, 0) is 27.9 Å². The number of ether oxygens (including phenoxy) is 2. The molecule has 0 aromatic rings. The van der Waals surface area contributed by atoms with Gasteiger partial charge in [0.15, 0.2) is 0 Å². The summed E-state index contributed by atoms with van der Waals surface area (Å²) in [6.07, 6.45) is 32.1. The fourth-order valence-corrected chi connectivity index (χ4v) is 7.16. The number of phosphoric acid groups is 1. The topological polar surface area (TPSA) is 94.1 Å². The van der Waals surface area contributed by atoms with E-state index in [0.717, 1.165) is 24.8 Å². The summed E-state index contributed by atoms with van der Waals surface area (Å²) in [5.41, 5.74) is 4.89. The Bertz CT molecular complexity index is 1220. The van der Waals surface area contributed by atoms with Crippen molar-refractivity contribution in [1.29, 1.82) is 0 Å². The van der Waals surface area contributed by atoms with Gasteiger partial charge in [-0.25, -0.2) is 4.79 Å². The molecule has 1 aliphatic carbocycles. The van der Waals surface area contributed by atoms with Gasteiger partial charge in [-0.1, -0.05) is 146 Å². The van der Waals surface area contributed by atoms with Crippen molar-refractivity contribution in [2.75, 3.05) is 54.1 Å². The molecule has 53 heavy (non-hydrogen) atoms. The maximum Gasteiger partial charge on any atom is 0.331 e. The second-order valence-corrected chi connectivity index (χ2v) is 18.2. The number of phosphoric ester groups is 1. The van der Waals surface area contributed by atoms with E-state index in [9.17, 15) is 14.3 Å². The first-order valence-corrected chi connectivity index (χ1v) is 22.1. The third-order valence-corrected chi connectivity index (χ3v) is 10.7. The van der Waals surface area contributed by atoms with E-state index in [0.29, 0.717) is 23.2 Å². The normalized spacial score (nSPS) is 17.5. The van der Waals surface area contributed by atoms with Crippen LogP contribution in [0.5, 0.6) is 0 Å². The quantitative estimate of drug-likeness (QED) is 0.0179. The predicted octanol–water partition coefficient (Wildman–Crippen LogP) is 11.1. The van der Waals surface area contributed by atoms with Crippen molar-refractivity contribution >= 4 is 13.8 Å². The van der Waals surface area contributed by atoms with E-state index in [1.165, 1.54) is 107 Å². The molecule has 0 bridgehead atoms. The fraction of sp³-hybridized carbons (Fsp3) is 0.750. The van der Waals surface area contributed by atoms with Gasteiger partial charge in [-0.15, -0.1) is 0 Å². The van der Waals surface area contributed by atoms with Crippen LogP contribution in [-0.4, -0.2) is 70.7 Å². The standard InChI is InChI=1S/C44H78NO7P/c1-10-11-12-13-14-15-16-17-18-19-20-21-22-23-33-49-36-41(37-51-53(47,48)50-34-32-45(7,8)9)52-43(46)35-39(3)27-24-26-38(2)29-30-42-40(4)28-25-31-44(42,5)6/h24,26-27,29-30,35,41H,10-23,25,28,31-34,36-37H2,1-9H3/b27-24+,30-29+,38-26+,39-35-/t41-/m1/s1. The second-order valence-electron chi connectivity index (χ2n) is 16.7. The monoisotopic (exact) mass is 764 g/mol. The van der Waals surface area contributed by atoms with Gasteiger partial charge in [0.25, 0.3) is 7.82 Å². The maximum atomic E-state index is 12.9. The fourth-order valence-electron chi connectivity index (χ4n) is 6.43. The average molecular weight is 764 g/mol. The van der Waals surface area contributed by atoms with Gasteiger partial charge in [0.2, 0.25) is 0 Å². The number of hydrogen-bond donors (Lipinski definition) is 0. The van der Waals surface area contributed by atoms with Gasteiger partial charge < -0.3 is 27.9 Å². The molecule has 1 rings (SSSR count). The summed E-state index contributed by atoms with van der Waals surface area (Å²) in [6, 6.07) is 0. The average Bonchev–Trinajstić information content (AvgIpc) is 3.05. The van der Waals surface area contributed by atoms with E-state index in [1.54, 1.807) is 0 Å². The Hall–Kier alpha value is -1.80. The van der Waals surface area contributed by atoms with E-state index in [1.807, 2.05) is 46.3 Å². The summed E-state index contributed by atoms with van der Waals surface area (Å²) in [5, 5.41) is 0. The Labute approximate surface area is 325 Å². The molecule has 0 fully saturated rings. The number of rotatable bonds is 30. The van der Waals surface area contributed by atoms with Gasteiger partial charge in [-0.05, 0) is 63.0 Å². The molecule has 0 aromatic carbocycles. The molecule has 0 saturated carbocycles. The predicted molar refractivity (Wildman–Crippen MR) is 220 cm³/mol. The third-order valence-electron chi connectivity index (χ3n) is 9.78. The molecule has 2 atom stereocenters. The summed E-state index contributed by atoms with van der Waals surface area (Å²) in [4.78, 5) is 25.3. The van der Waals surface area contributed by atoms with Crippen LogP contribution < -0.4 is 4.89 Å². The SMILES string of the molecule is CCCCCCCCCCCCCCCCOC[C@H](COP(=O)([O-])OCC[N+](C)(C)C)OC(=O)\C=C(C)/C=C/C=C(C)/C=C/C1=C(C)CCCC1(C)C. The van der Waals surface area contributed by atoms with Crippen molar-refractivity contribution in [2.45, 2.75) is 157 Å². The van der Waals surface area contributed by atoms with E-state index in [2.05, 4.69) is 46.8 Å². The first-order chi connectivity index (χ1) is 25.0. The smallest absolute Gasteiger partial charge is 0.331 e. The minimum atomic E-state index is -4.58. The van der Waals surface area contributed by atoms with Crippen LogP contribution >= 0.6 is 7.82 Å². The highest BCUT2D eigenvalue weighted by Crippen LogP contribution is 2.41. The lowest BCUT2D eigenvalue weighted by Gasteiger charge is -2.32. The second kappa shape index (κ2) is 27.7. The lowest BCUT2D eigenvalue weighted by Crippen LogP contribution is -2.37. The minimum Gasteiger partial charge on any atom is -0.756 e. The van der Waals surface area contributed by atoms with Crippen molar-refractivity contribution in [3.63, 3.8) is 0 Å². The van der Waals surface area contributed by atoms with Crippen molar-refractivity contribution in [3.05, 3.63) is 58.7 Å². The van der Waals surface area contributed by atoms with Gasteiger partial charge in [-0.3, -0.25) is 4.57 Å². The highest BCUT2D eigenvalue weighted by molar-refractivity contribution is 7.45. The van der Waals surface area contributed by atoms with E-state index >= 15 is 0 Å². The van der Waals surface area contributed by atoms with E-state index in [-0.39, 0.29) is 25.2 Å². The highest BCUT2D eigenvalue weighted by atomic mass is 31.2. The molecule has 0 radical (unpaired) electrons. The van der Waals surface area contributed by atoms with Crippen LogP contribution in [0.4, 0.5) is 0 Å². The van der Waals surface area contributed by atoms with Crippen molar-refractivity contribution < 1.29 is 37.3 Å². The third kappa shape index (κ3) is 26.6. The summed E-state index contributed by atoms with van der Waals surface area (Å²) >= 11 is 0. The first-order valence-electron chi connectivity index (χ1n) is 20.6. The van der Waals surface area contributed by atoms with E-state index < -0.39 is 19.9 Å². The number of carbonyl (C=O) groups excluding carboxylic acids is 1. The van der Waals surface area contributed by atoms with Gasteiger partial charge in [0.05, 0.1) is 34.4 Å². The molecule has 9 heteroatoms. The molecule has 1 aliphatic rings. The molecule has 0 spiro atoms. The number of hydrogen-bond acceptors (Lipinski definition) is 7. The van der Waals surface area contributed by atoms with Gasteiger partial charge >= 0.3 is 5.97 Å². The van der Waals surface area contributed by atoms with Crippen molar-refractivity contribution in [3.8, 4) is 0 Å². The Balaban J connectivity index is 2.59. The zero-order valence-electron chi connectivity index (χ0n) is 35.3. The Morgan fingerprint density at radius 2 is 1.43 bits per heavy atom. The van der Waals surface area contributed by atoms with Crippen LogP contribution in [0.3, 0.4) is 0 Å². The molecule has 0 heterocycles. The molecule has 0 saturated heterocycles. The molecule has 0 aliphatic heterocycles. The van der Waals surface area contributed by atoms with Gasteiger partial charge in [0, 0.05) is 12.7 Å². The van der Waals surface area contributed by atoms with Gasteiger partial charge in [0.1, 0.15) is 19.3 Å². The number of esters is 1. The summed E-state index contributed by atoms with van der Waals surface area (Å²) in [5.74, 6) is -0.588. The Morgan fingerprint density at radius 3 is 2.00 bits per heavy atom. The van der Waals surface area contributed by atoms with Crippen LogP contribution in [0.25, 0.3) is 0 Å². The maximum absolute atomic E-state index is 12.9. The molecule has 306 valence electrons. The lowest BCUT2D eigenvalue weighted by molar-refractivity contribution is -0.870. The van der Waals surface area contributed by atoms with Crippen LogP contribution in [0.15, 0.2) is 58.7 Å². The summed E-state index contributed by atoms with van der Waals surface area (Å²) < 4.78 is 34.6. The Kier molecular flexibility index (Phi) is 25.8. The number of quaternary nitrogens is 1. The van der Waals surface area contributed by atoms with Crippen molar-refractivity contribution in [2.24, 2.45) is 5.41 Å². The van der Waals surface area contributed by atoms with Crippen LogP contribution in [0.1, 0.15) is 151 Å². The molecular weight excluding hydrogens is 685 g/mol. The van der Waals surface area contributed by atoms with Crippen LogP contribution in [0, 0.1) is 5.41 Å². The molecule has 0 amide bonds. The van der Waals surface area contributed by atoms with Crippen molar-refractivity contribution in [1.82, 2.24) is 0 Å². The largest absolute Gasteiger partial charge is 0.756 e. The molecule has 0 N–H and O–H groups in total. The van der Waals surface area contributed by atoms with Crippen LogP contribution in [0.2, 0.25) is 0 Å². The van der Waals surface area contributed by atoms with Gasteiger partial charge in [-0.2, -0.15) is 0 Å². The first kappa shape index (κ1) is 49.2. The minimum absolute atomic E-state index is 0.00216. The summed E-state index contributed by atoms with van der Waals surface area (Å²) in [7, 11) is 1.26. The molecule has 0 aromatic heterocycles. The Morgan fingerprint density at radius 1 is 0.849 bits per heavy atom. The number of allylic oxidation sites excluding steroid dienone is 9. The molecule has 1 unspecified atom stereocenters. The summed E-state index contributed by atoms with van der Waals surface area (Å²) in [6.45, 7) is 13.7.